The second-order valence-electron chi connectivity index (χ2n) is 3.51. The molecule has 0 atom stereocenters. The van der Waals surface area contributed by atoms with Crippen LogP contribution in [0.25, 0.3) is 0 Å². The van der Waals surface area contributed by atoms with Gasteiger partial charge in [0, 0.05) is 18.7 Å². The molecule has 0 N–H and O–H groups in total. The van der Waals surface area contributed by atoms with Gasteiger partial charge in [0.1, 0.15) is 0 Å². The second kappa shape index (κ2) is 5.95. The van der Waals surface area contributed by atoms with Crippen LogP contribution in [0.5, 0.6) is 0 Å². The molecule has 0 aliphatic heterocycles. The molecule has 0 aliphatic carbocycles. The van der Waals surface area contributed by atoms with Gasteiger partial charge in [-0.15, -0.1) is 0 Å². The molecule has 1 aromatic heterocycles. The zero-order valence-corrected chi connectivity index (χ0v) is 9.18. The van der Waals surface area contributed by atoms with Gasteiger partial charge >= 0.3 is 0 Å². The molecule has 0 bridgehead atoms. The van der Waals surface area contributed by atoms with E-state index in [1.165, 1.54) is 18.3 Å². The van der Waals surface area contributed by atoms with Crippen LogP contribution in [-0.2, 0) is 0 Å². The van der Waals surface area contributed by atoms with Crippen molar-refractivity contribution in [1.29, 1.82) is 0 Å². The maximum absolute atomic E-state index is 11.7. The molecule has 16 heavy (non-hydrogen) atoms. The highest BCUT2D eigenvalue weighted by molar-refractivity contribution is 5.97. The van der Waals surface area contributed by atoms with Crippen molar-refractivity contribution in [2.24, 2.45) is 0 Å². The molecular weight excluding hydrogens is 208 g/mol. The van der Waals surface area contributed by atoms with Gasteiger partial charge in [0.25, 0.3) is 5.69 Å². The fourth-order valence-corrected chi connectivity index (χ4v) is 1.41. The second-order valence-corrected chi connectivity index (χ2v) is 3.51. The van der Waals surface area contributed by atoms with Gasteiger partial charge in [-0.2, -0.15) is 0 Å². The number of rotatable bonds is 6. The summed E-state index contributed by atoms with van der Waals surface area (Å²) in [6, 6.07) is 2.76. The Hall–Kier alpha value is -1.78. The average molecular weight is 222 g/mol. The minimum absolute atomic E-state index is 0.0244. The maximum Gasteiger partial charge on any atom is 0.298 e. The van der Waals surface area contributed by atoms with Crippen LogP contribution in [0.4, 0.5) is 5.69 Å². The lowest BCUT2D eigenvalue weighted by Gasteiger charge is -2.00. The molecule has 0 aromatic carbocycles. The molecule has 5 heteroatoms. The fourth-order valence-electron chi connectivity index (χ4n) is 1.41. The van der Waals surface area contributed by atoms with Crippen molar-refractivity contribution in [2.45, 2.75) is 32.6 Å². The maximum atomic E-state index is 11.7. The van der Waals surface area contributed by atoms with Crippen LogP contribution in [-0.4, -0.2) is 15.7 Å². The predicted molar refractivity (Wildman–Crippen MR) is 59.4 cm³/mol. The minimum atomic E-state index is -0.569. The first-order valence-electron chi connectivity index (χ1n) is 5.29. The van der Waals surface area contributed by atoms with Gasteiger partial charge in [-0.3, -0.25) is 14.9 Å². The van der Waals surface area contributed by atoms with Gasteiger partial charge in [0.2, 0.25) is 0 Å². The van der Waals surface area contributed by atoms with E-state index in [0.29, 0.717) is 6.42 Å². The lowest BCUT2D eigenvalue weighted by molar-refractivity contribution is -0.385. The normalized spacial score (nSPS) is 10.1. The summed E-state index contributed by atoms with van der Waals surface area (Å²) in [5, 5.41) is 10.7. The Morgan fingerprint density at radius 2 is 2.25 bits per heavy atom. The Balaban J connectivity index is 2.78. The molecule has 0 radical (unpaired) electrons. The summed E-state index contributed by atoms with van der Waals surface area (Å²) in [6.45, 7) is 2.04. The van der Waals surface area contributed by atoms with Crippen molar-refractivity contribution in [1.82, 2.24) is 4.98 Å². The third kappa shape index (κ3) is 3.12. The molecule has 5 nitrogen and oxygen atoms in total. The van der Waals surface area contributed by atoms with Gasteiger partial charge in [0.05, 0.1) is 4.92 Å². The highest BCUT2D eigenvalue weighted by Gasteiger charge is 2.20. The first-order chi connectivity index (χ1) is 7.66. The van der Waals surface area contributed by atoms with Crippen LogP contribution in [0, 0.1) is 10.1 Å². The van der Waals surface area contributed by atoms with Crippen molar-refractivity contribution >= 4 is 11.5 Å². The molecule has 1 heterocycles. The molecular formula is C11H14N2O3. The van der Waals surface area contributed by atoms with E-state index >= 15 is 0 Å². The number of carbonyl (C=O) groups is 1. The lowest BCUT2D eigenvalue weighted by Crippen LogP contribution is -2.06. The number of hydrogen-bond acceptors (Lipinski definition) is 4. The number of nitro groups is 1. The van der Waals surface area contributed by atoms with Crippen LogP contribution in [0.2, 0.25) is 0 Å². The molecule has 0 aliphatic rings. The summed E-state index contributed by atoms with van der Waals surface area (Å²) in [6.07, 6.45) is 4.44. The molecule has 0 spiro atoms. The lowest BCUT2D eigenvalue weighted by atomic mass is 10.1. The van der Waals surface area contributed by atoms with E-state index in [-0.39, 0.29) is 17.2 Å². The fraction of sp³-hybridized carbons (Fsp3) is 0.455. The van der Waals surface area contributed by atoms with E-state index in [2.05, 4.69) is 4.98 Å². The topological polar surface area (TPSA) is 73.1 Å². The van der Waals surface area contributed by atoms with Crippen LogP contribution in [0.1, 0.15) is 43.1 Å². The molecule has 0 saturated heterocycles. The number of pyridine rings is 1. The number of nitrogens with zero attached hydrogens (tertiary/aromatic N) is 2. The Morgan fingerprint density at radius 3 is 2.88 bits per heavy atom. The molecule has 1 aromatic rings. The first-order valence-corrected chi connectivity index (χ1v) is 5.29. The van der Waals surface area contributed by atoms with E-state index < -0.39 is 4.92 Å². The van der Waals surface area contributed by atoms with Gasteiger partial charge in [-0.25, -0.2) is 4.98 Å². The quantitative estimate of drug-likeness (QED) is 0.321. The molecule has 86 valence electrons. The highest BCUT2D eigenvalue weighted by Crippen LogP contribution is 2.17. The van der Waals surface area contributed by atoms with Gasteiger partial charge in [0.15, 0.2) is 11.5 Å². The third-order valence-corrected chi connectivity index (χ3v) is 2.25. The summed E-state index contributed by atoms with van der Waals surface area (Å²) in [5.41, 5.74) is -0.229. The monoisotopic (exact) mass is 222 g/mol. The zero-order valence-electron chi connectivity index (χ0n) is 9.18. The Morgan fingerprint density at radius 1 is 1.50 bits per heavy atom. The number of carbonyl (C=O) groups excluding carboxylic acids is 1. The molecule has 0 amide bonds. The molecule has 1 rings (SSSR count). The van der Waals surface area contributed by atoms with Crippen LogP contribution >= 0.6 is 0 Å². The summed E-state index contributed by atoms with van der Waals surface area (Å²) >= 11 is 0. The van der Waals surface area contributed by atoms with Crippen LogP contribution in [0.15, 0.2) is 18.3 Å². The largest absolute Gasteiger partial charge is 0.298 e. The van der Waals surface area contributed by atoms with E-state index in [0.717, 1.165) is 19.3 Å². The smallest absolute Gasteiger partial charge is 0.292 e. The van der Waals surface area contributed by atoms with E-state index in [1.807, 2.05) is 6.92 Å². The summed E-state index contributed by atoms with van der Waals surface area (Å²) in [4.78, 5) is 25.6. The molecule has 0 saturated carbocycles. The van der Waals surface area contributed by atoms with E-state index in [4.69, 9.17) is 0 Å². The summed E-state index contributed by atoms with van der Waals surface area (Å²) in [5.74, 6) is -0.249. The van der Waals surface area contributed by atoms with Gasteiger partial charge < -0.3 is 0 Å². The number of ketones is 1. The van der Waals surface area contributed by atoms with E-state index in [1.54, 1.807) is 0 Å². The SMILES string of the molecule is CCCCCC(=O)c1ncccc1[N+](=O)[O-]. The van der Waals surface area contributed by atoms with Crippen LogP contribution < -0.4 is 0 Å². The standard InChI is InChI=1S/C11H14N2O3/c1-2-3-4-7-10(14)11-9(13(15)16)6-5-8-12-11/h5-6,8H,2-4,7H2,1H3. The van der Waals surface area contributed by atoms with E-state index in [9.17, 15) is 14.9 Å². The average Bonchev–Trinajstić information content (AvgIpc) is 2.29. The highest BCUT2D eigenvalue weighted by atomic mass is 16.6. The minimum Gasteiger partial charge on any atom is -0.292 e. The zero-order chi connectivity index (χ0) is 12.0. The molecule has 0 unspecified atom stereocenters. The summed E-state index contributed by atoms with van der Waals surface area (Å²) < 4.78 is 0. The third-order valence-electron chi connectivity index (χ3n) is 2.25. The van der Waals surface area contributed by atoms with Crippen molar-refractivity contribution in [3.8, 4) is 0 Å². The first kappa shape index (κ1) is 12.3. The van der Waals surface area contributed by atoms with Crippen LogP contribution in [0.3, 0.4) is 0 Å². The van der Waals surface area contributed by atoms with Crippen molar-refractivity contribution < 1.29 is 9.72 Å². The number of unbranched alkanes of at least 4 members (excludes halogenated alkanes) is 2. The van der Waals surface area contributed by atoms with Crippen molar-refractivity contribution in [3.05, 3.63) is 34.1 Å². The number of hydrogen-bond donors (Lipinski definition) is 0. The van der Waals surface area contributed by atoms with Gasteiger partial charge in [-0.05, 0) is 12.5 Å². The molecule has 0 fully saturated rings. The predicted octanol–water partition coefficient (Wildman–Crippen LogP) is 2.75. The Labute approximate surface area is 93.7 Å². The van der Waals surface area contributed by atoms with Crippen molar-refractivity contribution in [2.75, 3.05) is 0 Å². The number of aromatic nitrogens is 1. The van der Waals surface area contributed by atoms with Crippen molar-refractivity contribution in [3.63, 3.8) is 0 Å². The Kier molecular flexibility index (Phi) is 4.57. The summed E-state index contributed by atoms with van der Waals surface area (Å²) in [7, 11) is 0. The number of Topliss-reactive ketones (excluding diaryl/α,β-unsaturated/α-hetero) is 1. The van der Waals surface area contributed by atoms with Gasteiger partial charge in [-0.1, -0.05) is 19.8 Å². The Bertz CT molecular complexity index is 391.